The van der Waals surface area contributed by atoms with Crippen molar-refractivity contribution in [3.63, 3.8) is 0 Å². The number of carbonyl (C=O) groups excluding carboxylic acids is 2. The van der Waals surface area contributed by atoms with Crippen LogP contribution in [0.4, 0.5) is 0 Å². The standard InChI is InChI=1S/C22H25ClN4O3/c1-25(2)24-13-17-3-5-18(6-4-17)14-26-11-12-27(15-21(26)28)22(29)16-30-20-9-7-19(23)8-10-20/h3-10,13H,11-12,14-16H2,1-2H3/b24-13+. The van der Waals surface area contributed by atoms with E-state index in [4.69, 9.17) is 16.3 Å². The highest BCUT2D eigenvalue weighted by molar-refractivity contribution is 6.30. The first-order valence-electron chi connectivity index (χ1n) is 9.65. The first-order chi connectivity index (χ1) is 14.4. The van der Waals surface area contributed by atoms with Crippen LogP contribution < -0.4 is 4.74 Å². The van der Waals surface area contributed by atoms with Crippen molar-refractivity contribution in [3.8, 4) is 5.75 Å². The Kier molecular flexibility index (Phi) is 7.30. The van der Waals surface area contributed by atoms with Crippen LogP contribution in [0, 0.1) is 0 Å². The summed E-state index contributed by atoms with van der Waals surface area (Å²) in [5.41, 5.74) is 2.03. The number of hydrogen-bond donors (Lipinski definition) is 0. The fraction of sp³-hybridized carbons (Fsp3) is 0.318. The second kappa shape index (κ2) is 10.1. The molecule has 3 rings (SSSR count). The lowest BCUT2D eigenvalue weighted by atomic mass is 10.1. The van der Waals surface area contributed by atoms with Crippen LogP contribution in [0.25, 0.3) is 0 Å². The van der Waals surface area contributed by atoms with Gasteiger partial charge in [0.25, 0.3) is 5.91 Å². The highest BCUT2D eigenvalue weighted by Gasteiger charge is 2.27. The molecule has 0 unspecified atom stereocenters. The lowest BCUT2D eigenvalue weighted by Crippen LogP contribution is -2.52. The van der Waals surface area contributed by atoms with E-state index in [1.54, 1.807) is 40.4 Å². The molecule has 1 saturated heterocycles. The number of halogens is 1. The summed E-state index contributed by atoms with van der Waals surface area (Å²) in [6.07, 6.45) is 1.78. The number of rotatable bonds is 7. The van der Waals surface area contributed by atoms with Crippen molar-refractivity contribution in [1.82, 2.24) is 14.8 Å². The third kappa shape index (κ3) is 6.22. The van der Waals surface area contributed by atoms with Crippen LogP contribution in [0.1, 0.15) is 11.1 Å². The summed E-state index contributed by atoms with van der Waals surface area (Å²) in [5.74, 6) is 0.290. The van der Waals surface area contributed by atoms with Crippen LogP contribution in [0.3, 0.4) is 0 Å². The van der Waals surface area contributed by atoms with Crippen molar-refractivity contribution in [2.75, 3.05) is 40.3 Å². The molecule has 0 N–H and O–H groups in total. The molecule has 0 aromatic heterocycles. The molecule has 0 saturated carbocycles. The van der Waals surface area contributed by atoms with Gasteiger partial charge in [-0.15, -0.1) is 0 Å². The molecule has 2 aromatic carbocycles. The number of nitrogens with zero attached hydrogens (tertiary/aromatic N) is 4. The van der Waals surface area contributed by atoms with E-state index in [2.05, 4.69) is 5.10 Å². The van der Waals surface area contributed by atoms with Gasteiger partial charge in [-0.1, -0.05) is 35.9 Å². The molecular weight excluding hydrogens is 404 g/mol. The van der Waals surface area contributed by atoms with Crippen molar-refractivity contribution in [1.29, 1.82) is 0 Å². The molecule has 1 aliphatic heterocycles. The minimum Gasteiger partial charge on any atom is -0.484 e. The highest BCUT2D eigenvalue weighted by Crippen LogP contribution is 2.16. The molecule has 158 valence electrons. The Morgan fingerprint density at radius 3 is 2.47 bits per heavy atom. The van der Waals surface area contributed by atoms with Crippen molar-refractivity contribution < 1.29 is 14.3 Å². The second-order valence-corrected chi connectivity index (χ2v) is 7.64. The molecule has 2 amide bonds. The smallest absolute Gasteiger partial charge is 0.261 e. The van der Waals surface area contributed by atoms with Crippen LogP contribution in [-0.4, -0.2) is 73.2 Å². The van der Waals surface area contributed by atoms with E-state index in [9.17, 15) is 9.59 Å². The Balaban J connectivity index is 1.48. The molecule has 30 heavy (non-hydrogen) atoms. The van der Waals surface area contributed by atoms with E-state index in [-0.39, 0.29) is 25.0 Å². The number of hydrazone groups is 1. The maximum Gasteiger partial charge on any atom is 0.261 e. The van der Waals surface area contributed by atoms with Gasteiger partial charge < -0.3 is 19.5 Å². The molecule has 1 heterocycles. The van der Waals surface area contributed by atoms with Crippen LogP contribution in [-0.2, 0) is 16.1 Å². The van der Waals surface area contributed by atoms with Gasteiger partial charge in [0, 0.05) is 38.8 Å². The monoisotopic (exact) mass is 428 g/mol. The van der Waals surface area contributed by atoms with Crippen molar-refractivity contribution in [3.05, 3.63) is 64.7 Å². The quantitative estimate of drug-likeness (QED) is 0.502. The number of benzene rings is 2. The van der Waals surface area contributed by atoms with Crippen LogP contribution in [0.5, 0.6) is 5.75 Å². The molecule has 7 nitrogen and oxygen atoms in total. The maximum atomic E-state index is 12.5. The Morgan fingerprint density at radius 1 is 1.13 bits per heavy atom. The van der Waals surface area contributed by atoms with Gasteiger partial charge >= 0.3 is 0 Å². The molecule has 2 aromatic rings. The number of piperazine rings is 1. The van der Waals surface area contributed by atoms with E-state index in [1.807, 2.05) is 38.4 Å². The Bertz CT molecular complexity index is 898. The molecule has 0 spiro atoms. The molecule has 0 aliphatic carbocycles. The van der Waals surface area contributed by atoms with Gasteiger partial charge in [-0.2, -0.15) is 5.10 Å². The van der Waals surface area contributed by atoms with E-state index >= 15 is 0 Å². The molecule has 8 heteroatoms. The van der Waals surface area contributed by atoms with Gasteiger partial charge in [0.1, 0.15) is 5.75 Å². The van der Waals surface area contributed by atoms with Gasteiger partial charge in [0.15, 0.2) is 6.61 Å². The number of hydrogen-bond acceptors (Lipinski definition) is 5. The SMILES string of the molecule is CN(C)/N=C/c1ccc(CN2CCN(C(=O)COc3ccc(Cl)cc3)CC2=O)cc1. The molecular formula is C22H25ClN4O3. The van der Waals surface area contributed by atoms with Gasteiger partial charge in [0.05, 0.1) is 12.8 Å². The second-order valence-electron chi connectivity index (χ2n) is 7.21. The fourth-order valence-corrected chi connectivity index (χ4v) is 3.09. The van der Waals surface area contributed by atoms with Crippen molar-refractivity contribution in [2.24, 2.45) is 5.10 Å². The van der Waals surface area contributed by atoms with E-state index in [1.165, 1.54) is 4.90 Å². The van der Waals surface area contributed by atoms with E-state index in [0.29, 0.717) is 30.4 Å². The predicted molar refractivity (Wildman–Crippen MR) is 117 cm³/mol. The Labute approximate surface area is 181 Å². The first-order valence-corrected chi connectivity index (χ1v) is 10.0. The van der Waals surface area contributed by atoms with Gasteiger partial charge in [0.2, 0.25) is 5.91 Å². The van der Waals surface area contributed by atoms with E-state index in [0.717, 1.165) is 11.1 Å². The summed E-state index contributed by atoms with van der Waals surface area (Å²) < 4.78 is 5.49. The number of carbonyl (C=O) groups is 2. The zero-order chi connectivity index (χ0) is 21.5. The average Bonchev–Trinajstić information content (AvgIpc) is 2.74. The summed E-state index contributed by atoms with van der Waals surface area (Å²) in [5, 5.41) is 6.54. The average molecular weight is 429 g/mol. The third-order valence-electron chi connectivity index (χ3n) is 4.64. The van der Waals surface area contributed by atoms with Crippen LogP contribution in [0.15, 0.2) is 53.6 Å². The summed E-state index contributed by atoms with van der Waals surface area (Å²) in [4.78, 5) is 28.2. The zero-order valence-corrected chi connectivity index (χ0v) is 17.9. The summed E-state index contributed by atoms with van der Waals surface area (Å²) >= 11 is 5.84. The summed E-state index contributed by atoms with van der Waals surface area (Å²) in [6, 6.07) is 14.7. The number of amides is 2. The first kappa shape index (κ1) is 21.6. The lowest BCUT2D eigenvalue weighted by molar-refractivity contribution is -0.146. The fourth-order valence-electron chi connectivity index (χ4n) is 2.97. The molecule has 1 fully saturated rings. The molecule has 1 aliphatic rings. The summed E-state index contributed by atoms with van der Waals surface area (Å²) in [6.45, 7) is 1.46. The number of ether oxygens (including phenoxy) is 1. The van der Waals surface area contributed by atoms with E-state index < -0.39 is 0 Å². The van der Waals surface area contributed by atoms with Crippen LogP contribution >= 0.6 is 11.6 Å². The minimum absolute atomic E-state index is 0.0659. The predicted octanol–water partition coefficient (Wildman–Crippen LogP) is 2.49. The lowest BCUT2D eigenvalue weighted by Gasteiger charge is -2.34. The Morgan fingerprint density at radius 2 is 1.83 bits per heavy atom. The molecule has 0 bridgehead atoms. The third-order valence-corrected chi connectivity index (χ3v) is 4.89. The Hall–Kier alpha value is -3.06. The minimum atomic E-state index is -0.206. The van der Waals surface area contributed by atoms with Crippen molar-refractivity contribution in [2.45, 2.75) is 6.54 Å². The molecule has 0 radical (unpaired) electrons. The topological polar surface area (TPSA) is 65.4 Å². The maximum absolute atomic E-state index is 12.5. The van der Waals surface area contributed by atoms with Gasteiger partial charge in [-0.05, 0) is 35.4 Å². The molecule has 0 atom stereocenters. The largest absolute Gasteiger partial charge is 0.484 e. The van der Waals surface area contributed by atoms with Gasteiger partial charge in [-0.25, -0.2) is 0 Å². The van der Waals surface area contributed by atoms with Crippen molar-refractivity contribution >= 4 is 29.6 Å². The zero-order valence-electron chi connectivity index (χ0n) is 17.1. The normalized spacial score (nSPS) is 14.3. The highest BCUT2D eigenvalue weighted by atomic mass is 35.5. The summed E-state index contributed by atoms with van der Waals surface area (Å²) in [7, 11) is 3.73. The van der Waals surface area contributed by atoms with Crippen LogP contribution in [0.2, 0.25) is 5.02 Å². The van der Waals surface area contributed by atoms with Gasteiger partial charge in [-0.3, -0.25) is 9.59 Å².